The second-order valence-corrected chi connectivity index (χ2v) is 4.03. The van der Waals surface area contributed by atoms with Gasteiger partial charge < -0.3 is 4.74 Å². The van der Waals surface area contributed by atoms with Crippen LogP contribution in [0, 0.1) is 17.2 Å². The van der Waals surface area contributed by atoms with E-state index in [4.69, 9.17) is 10.00 Å². The van der Waals surface area contributed by atoms with Crippen LogP contribution in [0.5, 0.6) is 0 Å². The van der Waals surface area contributed by atoms with Crippen molar-refractivity contribution in [1.29, 1.82) is 5.26 Å². The Bertz CT molecular complexity index is 194. The number of hydrogen-bond donors (Lipinski definition) is 1. The van der Waals surface area contributed by atoms with Crippen molar-refractivity contribution in [3.8, 4) is 6.07 Å². The molecule has 0 aromatic heterocycles. The van der Waals surface area contributed by atoms with E-state index < -0.39 is 0 Å². The number of nitriles is 1. The Balaban J connectivity index is 2.40. The van der Waals surface area contributed by atoms with Gasteiger partial charge in [0.1, 0.15) is 0 Å². The fraction of sp³-hybridized carbons (Fsp3) is 0.909. The molecule has 2 atom stereocenters. The van der Waals surface area contributed by atoms with Gasteiger partial charge in [0.25, 0.3) is 0 Å². The Hall–Kier alpha value is -0.590. The fourth-order valence-corrected chi connectivity index (χ4v) is 1.75. The molecule has 0 spiro atoms. The molecular formula is C11H20N2O. The van der Waals surface area contributed by atoms with Crippen LogP contribution in [0.1, 0.15) is 33.1 Å². The van der Waals surface area contributed by atoms with Gasteiger partial charge in [-0.25, -0.2) is 0 Å². The first-order valence-corrected chi connectivity index (χ1v) is 5.51. The van der Waals surface area contributed by atoms with Crippen LogP contribution in [0.15, 0.2) is 0 Å². The monoisotopic (exact) mass is 196 g/mol. The van der Waals surface area contributed by atoms with E-state index in [-0.39, 0.29) is 6.04 Å². The molecule has 1 fully saturated rings. The van der Waals surface area contributed by atoms with Crippen molar-refractivity contribution in [3.05, 3.63) is 0 Å². The second kappa shape index (κ2) is 6.00. The van der Waals surface area contributed by atoms with Gasteiger partial charge >= 0.3 is 0 Å². The maximum atomic E-state index is 9.07. The molecule has 0 aromatic rings. The van der Waals surface area contributed by atoms with E-state index in [0.717, 1.165) is 32.5 Å². The van der Waals surface area contributed by atoms with Gasteiger partial charge in [-0.15, -0.1) is 0 Å². The number of rotatable bonds is 4. The van der Waals surface area contributed by atoms with E-state index >= 15 is 0 Å². The van der Waals surface area contributed by atoms with Crippen molar-refractivity contribution < 1.29 is 4.74 Å². The highest BCUT2D eigenvalue weighted by molar-refractivity contribution is 4.96. The summed E-state index contributed by atoms with van der Waals surface area (Å²) in [6.45, 7) is 5.88. The Morgan fingerprint density at radius 2 is 2.14 bits per heavy atom. The molecule has 1 N–H and O–H groups in total. The first-order chi connectivity index (χ1) is 6.77. The molecule has 3 nitrogen and oxygen atoms in total. The van der Waals surface area contributed by atoms with Crippen molar-refractivity contribution in [3.63, 3.8) is 0 Å². The summed E-state index contributed by atoms with van der Waals surface area (Å²) in [5.41, 5.74) is 0. The first-order valence-electron chi connectivity index (χ1n) is 5.51. The lowest BCUT2D eigenvalue weighted by Crippen LogP contribution is -2.42. The lowest BCUT2D eigenvalue weighted by Gasteiger charge is -2.28. The van der Waals surface area contributed by atoms with E-state index in [0.29, 0.717) is 12.0 Å². The number of nitrogens with zero attached hydrogens (tertiary/aromatic N) is 1. The lowest BCUT2D eigenvalue weighted by molar-refractivity contribution is 0.0588. The molecule has 14 heavy (non-hydrogen) atoms. The predicted molar refractivity (Wildman–Crippen MR) is 55.8 cm³/mol. The van der Waals surface area contributed by atoms with Gasteiger partial charge in [0.15, 0.2) is 0 Å². The summed E-state index contributed by atoms with van der Waals surface area (Å²) in [5.74, 6) is 0.475. The Morgan fingerprint density at radius 1 is 1.50 bits per heavy atom. The molecule has 0 aromatic carbocycles. The third-order valence-electron chi connectivity index (χ3n) is 2.95. The quantitative estimate of drug-likeness (QED) is 0.744. The van der Waals surface area contributed by atoms with Gasteiger partial charge in [0.05, 0.1) is 12.1 Å². The van der Waals surface area contributed by atoms with Crippen LogP contribution in [0.25, 0.3) is 0 Å². The van der Waals surface area contributed by atoms with Crippen molar-refractivity contribution >= 4 is 0 Å². The van der Waals surface area contributed by atoms with Crippen molar-refractivity contribution in [1.82, 2.24) is 5.32 Å². The molecule has 2 unspecified atom stereocenters. The lowest BCUT2D eigenvalue weighted by atomic mass is 9.92. The second-order valence-electron chi connectivity index (χ2n) is 4.03. The number of nitrogens with one attached hydrogen (secondary N) is 1. The van der Waals surface area contributed by atoms with Crippen LogP contribution in [-0.2, 0) is 4.74 Å². The fourth-order valence-electron chi connectivity index (χ4n) is 1.75. The Kier molecular flexibility index (Phi) is 4.92. The molecule has 0 saturated carbocycles. The van der Waals surface area contributed by atoms with Gasteiger partial charge in [0, 0.05) is 19.3 Å². The molecule has 3 heteroatoms. The van der Waals surface area contributed by atoms with E-state index in [2.05, 4.69) is 25.2 Å². The van der Waals surface area contributed by atoms with Gasteiger partial charge in [-0.05, 0) is 32.1 Å². The highest BCUT2D eigenvalue weighted by Crippen LogP contribution is 2.18. The summed E-state index contributed by atoms with van der Waals surface area (Å²) < 4.78 is 5.29. The highest BCUT2D eigenvalue weighted by Gasteiger charge is 2.24. The smallest absolute Gasteiger partial charge is 0.0985 e. The van der Waals surface area contributed by atoms with Crippen LogP contribution >= 0.6 is 0 Å². The van der Waals surface area contributed by atoms with Crippen LogP contribution in [0.2, 0.25) is 0 Å². The summed E-state index contributed by atoms with van der Waals surface area (Å²) in [7, 11) is 0. The zero-order valence-electron chi connectivity index (χ0n) is 9.12. The van der Waals surface area contributed by atoms with Gasteiger partial charge in [0.2, 0.25) is 0 Å². The van der Waals surface area contributed by atoms with Crippen LogP contribution in [0.4, 0.5) is 0 Å². The van der Waals surface area contributed by atoms with E-state index in [1.807, 2.05) is 0 Å². The molecule has 1 aliphatic rings. The maximum absolute atomic E-state index is 9.07. The molecule has 0 radical (unpaired) electrons. The van der Waals surface area contributed by atoms with Crippen LogP contribution in [-0.4, -0.2) is 25.3 Å². The third kappa shape index (κ3) is 3.28. The molecule has 0 amide bonds. The largest absolute Gasteiger partial charge is 0.381 e. The van der Waals surface area contributed by atoms with E-state index in [1.165, 1.54) is 0 Å². The van der Waals surface area contributed by atoms with Gasteiger partial charge in [-0.2, -0.15) is 5.26 Å². The molecule has 1 saturated heterocycles. The van der Waals surface area contributed by atoms with Crippen LogP contribution < -0.4 is 5.32 Å². The number of hydrogen-bond acceptors (Lipinski definition) is 3. The molecule has 1 aliphatic heterocycles. The van der Waals surface area contributed by atoms with Crippen molar-refractivity contribution in [2.24, 2.45) is 5.92 Å². The molecule has 1 rings (SSSR count). The van der Waals surface area contributed by atoms with Gasteiger partial charge in [-0.1, -0.05) is 6.92 Å². The maximum Gasteiger partial charge on any atom is 0.0985 e. The topological polar surface area (TPSA) is 45.0 Å². The molecular weight excluding hydrogens is 176 g/mol. The minimum atomic E-state index is 0.00819. The minimum absolute atomic E-state index is 0.00819. The highest BCUT2D eigenvalue weighted by atomic mass is 16.5. The van der Waals surface area contributed by atoms with E-state index in [9.17, 15) is 0 Å². The SMILES string of the molecule is CCC(C)NC(C#N)C1CCOCC1. The normalized spacial score (nSPS) is 22.6. The summed E-state index contributed by atoms with van der Waals surface area (Å²) in [6, 6.07) is 2.81. The molecule has 1 heterocycles. The predicted octanol–water partition coefficient (Wildman–Crippen LogP) is 1.69. The third-order valence-corrected chi connectivity index (χ3v) is 2.95. The molecule has 0 aliphatic carbocycles. The zero-order valence-corrected chi connectivity index (χ0v) is 9.12. The summed E-state index contributed by atoms with van der Waals surface area (Å²) in [4.78, 5) is 0. The summed E-state index contributed by atoms with van der Waals surface area (Å²) >= 11 is 0. The first kappa shape index (κ1) is 11.5. The average molecular weight is 196 g/mol. The van der Waals surface area contributed by atoms with Crippen LogP contribution in [0.3, 0.4) is 0 Å². The van der Waals surface area contributed by atoms with Gasteiger partial charge in [-0.3, -0.25) is 5.32 Å². The average Bonchev–Trinajstić information content (AvgIpc) is 2.26. The van der Waals surface area contributed by atoms with Crippen molar-refractivity contribution in [2.45, 2.75) is 45.2 Å². The summed E-state index contributed by atoms with van der Waals surface area (Å²) in [5, 5.41) is 12.4. The molecule has 0 bridgehead atoms. The number of ether oxygens (including phenoxy) is 1. The molecule has 80 valence electrons. The Labute approximate surface area is 86.4 Å². The van der Waals surface area contributed by atoms with Crippen molar-refractivity contribution in [2.75, 3.05) is 13.2 Å². The van der Waals surface area contributed by atoms with E-state index in [1.54, 1.807) is 0 Å². The zero-order chi connectivity index (χ0) is 10.4. The minimum Gasteiger partial charge on any atom is -0.381 e. The summed E-state index contributed by atoms with van der Waals surface area (Å²) in [6.07, 6.45) is 3.10. The standard InChI is InChI=1S/C11H20N2O/c1-3-9(2)13-11(8-12)10-4-6-14-7-5-10/h9-11,13H,3-7H2,1-2H3. The Morgan fingerprint density at radius 3 is 2.64 bits per heavy atom.